The molecule has 1 saturated carbocycles. The van der Waals surface area contributed by atoms with Crippen LogP contribution in [0.1, 0.15) is 19.3 Å². The van der Waals surface area contributed by atoms with E-state index in [9.17, 15) is 13.2 Å². The van der Waals surface area contributed by atoms with Crippen molar-refractivity contribution in [2.75, 3.05) is 6.54 Å². The van der Waals surface area contributed by atoms with E-state index in [0.29, 0.717) is 0 Å². The highest BCUT2D eigenvalue weighted by Crippen LogP contribution is 2.33. The van der Waals surface area contributed by atoms with Gasteiger partial charge >= 0.3 is 5.97 Å². The minimum Gasteiger partial charge on any atom is -0.481 e. The van der Waals surface area contributed by atoms with Crippen LogP contribution in [0.15, 0.2) is 23.1 Å². The lowest BCUT2D eigenvalue weighted by molar-refractivity contribution is -0.137. The van der Waals surface area contributed by atoms with Gasteiger partial charge in [0.05, 0.1) is 21.4 Å². The predicted octanol–water partition coefficient (Wildman–Crippen LogP) is 2.62. The summed E-state index contributed by atoms with van der Waals surface area (Å²) in [4.78, 5) is 10.7. The maximum absolute atomic E-state index is 12.5. The lowest BCUT2D eigenvalue weighted by Crippen LogP contribution is -2.35. The second-order valence-corrected chi connectivity index (χ2v) is 7.27. The summed E-state index contributed by atoms with van der Waals surface area (Å²) in [5, 5.41) is 9.15. The molecule has 1 aromatic rings. The highest BCUT2D eigenvalue weighted by Gasteiger charge is 2.38. The normalized spacial score (nSPS) is 15.6. The van der Waals surface area contributed by atoms with Crippen LogP contribution in [0.4, 0.5) is 0 Å². The van der Waals surface area contributed by atoms with Crippen molar-refractivity contribution in [3.05, 3.63) is 28.2 Å². The van der Waals surface area contributed by atoms with Crippen LogP contribution in [0.5, 0.6) is 0 Å². The molecular weight excluding hydrogens is 325 g/mol. The molecule has 0 radical (unpaired) electrons. The number of hydrogen-bond donors (Lipinski definition) is 1. The van der Waals surface area contributed by atoms with E-state index in [2.05, 4.69) is 0 Å². The van der Waals surface area contributed by atoms with Crippen molar-refractivity contribution in [2.45, 2.75) is 30.2 Å². The second kappa shape index (κ2) is 5.89. The number of nitrogens with zero attached hydrogens (tertiary/aromatic N) is 1. The van der Waals surface area contributed by atoms with Gasteiger partial charge in [-0.1, -0.05) is 23.2 Å². The van der Waals surface area contributed by atoms with Gasteiger partial charge in [0.1, 0.15) is 0 Å². The molecule has 0 saturated heterocycles. The maximum Gasteiger partial charge on any atom is 0.304 e. The third-order valence-corrected chi connectivity index (χ3v) is 5.68. The molecule has 1 aliphatic rings. The molecule has 1 aliphatic carbocycles. The molecule has 5 nitrogen and oxygen atoms in total. The van der Waals surface area contributed by atoms with E-state index >= 15 is 0 Å². The molecule has 1 N–H and O–H groups in total. The van der Waals surface area contributed by atoms with E-state index in [1.165, 1.54) is 22.5 Å². The number of carboxylic acids is 1. The fourth-order valence-corrected chi connectivity index (χ4v) is 3.92. The molecule has 0 aromatic heterocycles. The number of carboxylic acid groups (broad SMARTS) is 1. The fraction of sp³-hybridized carbons (Fsp3) is 0.417. The summed E-state index contributed by atoms with van der Waals surface area (Å²) in [5.74, 6) is -1.03. The van der Waals surface area contributed by atoms with Crippen LogP contribution in [0.25, 0.3) is 0 Å². The Labute approximate surface area is 127 Å². The van der Waals surface area contributed by atoms with Crippen molar-refractivity contribution >= 4 is 39.2 Å². The first kappa shape index (κ1) is 15.6. The first-order chi connectivity index (χ1) is 9.32. The van der Waals surface area contributed by atoms with Crippen molar-refractivity contribution in [1.29, 1.82) is 0 Å². The number of sulfonamides is 1. The van der Waals surface area contributed by atoms with Crippen LogP contribution in [0.3, 0.4) is 0 Å². The number of carbonyl (C=O) groups is 1. The third-order valence-electron chi connectivity index (χ3n) is 3.00. The molecule has 1 aromatic carbocycles. The molecule has 0 heterocycles. The SMILES string of the molecule is O=C(O)CCN(C1CC1)S(=O)(=O)c1ccc(Cl)c(Cl)c1. The molecule has 8 heteroatoms. The van der Waals surface area contributed by atoms with Crippen LogP contribution in [0.2, 0.25) is 10.0 Å². The van der Waals surface area contributed by atoms with E-state index in [4.69, 9.17) is 28.3 Å². The van der Waals surface area contributed by atoms with Crippen molar-refractivity contribution in [3.8, 4) is 0 Å². The molecule has 0 aliphatic heterocycles. The Hall–Kier alpha value is -0.820. The molecule has 110 valence electrons. The Bertz CT molecular complexity index is 628. The van der Waals surface area contributed by atoms with E-state index < -0.39 is 16.0 Å². The minimum atomic E-state index is -3.75. The van der Waals surface area contributed by atoms with Gasteiger partial charge in [0.15, 0.2) is 0 Å². The van der Waals surface area contributed by atoms with Gasteiger partial charge in [-0.15, -0.1) is 0 Å². The van der Waals surface area contributed by atoms with E-state index in [-0.39, 0.29) is 33.9 Å². The zero-order valence-corrected chi connectivity index (χ0v) is 12.7. The molecule has 0 amide bonds. The molecule has 0 unspecified atom stereocenters. The van der Waals surface area contributed by atoms with Crippen molar-refractivity contribution in [2.24, 2.45) is 0 Å². The average Bonchev–Trinajstić information content (AvgIpc) is 3.16. The van der Waals surface area contributed by atoms with Crippen LogP contribution in [0, 0.1) is 0 Å². The number of benzene rings is 1. The summed E-state index contributed by atoms with van der Waals surface area (Å²) < 4.78 is 26.3. The standard InChI is InChI=1S/C12H13Cl2NO4S/c13-10-4-3-9(7-11(10)14)20(18,19)15(8-1-2-8)6-5-12(16)17/h3-4,7-8H,1-2,5-6H2,(H,16,17). The number of aliphatic carboxylic acids is 1. The monoisotopic (exact) mass is 337 g/mol. The highest BCUT2D eigenvalue weighted by atomic mass is 35.5. The van der Waals surface area contributed by atoms with E-state index in [1.807, 2.05) is 0 Å². The van der Waals surface area contributed by atoms with Gasteiger partial charge in [0.25, 0.3) is 0 Å². The highest BCUT2D eigenvalue weighted by molar-refractivity contribution is 7.89. The van der Waals surface area contributed by atoms with Gasteiger partial charge < -0.3 is 5.11 Å². The summed E-state index contributed by atoms with van der Waals surface area (Å²) in [6, 6.07) is 3.96. The van der Waals surface area contributed by atoms with Gasteiger partial charge in [-0.3, -0.25) is 4.79 Å². The Kier molecular flexibility index (Phi) is 4.59. The largest absolute Gasteiger partial charge is 0.481 e. The van der Waals surface area contributed by atoms with Crippen LogP contribution < -0.4 is 0 Å². The summed E-state index contributed by atoms with van der Waals surface area (Å²) >= 11 is 11.6. The summed E-state index contributed by atoms with van der Waals surface area (Å²) in [5.41, 5.74) is 0. The van der Waals surface area contributed by atoms with Crippen LogP contribution in [-0.4, -0.2) is 36.4 Å². The molecule has 0 spiro atoms. The van der Waals surface area contributed by atoms with Gasteiger partial charge in [0.2, 0.25) is 10.0 Å². The Morgan fingerprint density at radius 2 is 1.95 bits per heavy atom. The Balaban J connectivity index is 2.29. The van der Waals surface area contributed by atoms with Gasteiger partial charge in [-0.25, -0.2) is 8.42 Å². The molecular formula is C12H13Cl2NO4S. The van der Waals surface area contributed by atoms with Crippen molar-refractivity contribution in [3.63, 3.8) is 0 Å². The topological polar surface area (TPSA) is 74.7 Å². The maximum atomic E-state index is 12.5. The number of halogens is 2. The van der Waals surface area contributed by atoms with Crippen LogP contribution >= 0.6 is 23.2 Å². The molecule has 20 heavy (non-hydrogen) atoms. The van der Waals surface area contributed by atoms with Crippen LogP contribution in [-0.2, 0) is 14.8 Å². The predicted molar refractivity (Wildman–Crippen MR) is 75.6 cm³/mol. The van der Waals surface area contributed by atoms with E-state index in [0.717, 1.165) is 12.8 Å². The van der Waals surface area contributed by atoms with E-state index in [1.54, 1.807) is 0 Å². The lowest BCUT2D eigenvalue weighted by Gasteiger charge is -2.21. The third kappa shape index (κ3) is 3.44. The van der Waals surface area contributed by atoms with Crippen molar-refractivity contribution in [1.82, 2.24) is 4.31 Å². The summed E-state index contributed by atoms with van der Waals surface area (Å²) in [6.07, 6.45) is 1.28. The molecule has 0 bridgehead atoms. The lowest BCUT2D eigenvalue weighted by atomic mass is 10.4. The molecule has 1 fully saturated rings. The fourth-order valence-electron chi connectivity index (χ4n) is 1.84. The zero-order chi connectivity index (χ0) is 14.9. The summed E-state index contributed by atoms with van der Waals surface area (Å²) in [7, 11) is -3.75. The van der Waals surface area contributed by atoms with Gasteiger partial charge in [-0.2, -0.15) is 4.31 Å². The average molecular weight is 338 g/mol. The molecule has 2 rings (SSSR count). The Morgan fingerprint density at radius 1 is 1.30 bits per heavy atom. The molecule has 0 atom stereocenters. The summed E-state index contributed by atoms with van der Waals surface area (Å²) in [6.45, 7) is -0.0391. The van der Waals surface area contributed by atoms with Crippen molar-refractivity contribution < 1.29 is 18.3 Å². The first-order valence-electron chi connectivity index (χ1n) is 6.01. The minimum absolute atomic E-state index is 0.0317. The zero-order valence-electron chi connectivity index (χ0n) is 10.4. The smallest absolute Gasteiger partial charge is 0.304 e. The van der Waals surface area contributed by atoms with Gasteiger partial charge in [0, 0.05) is 12.6 Å². The Morgan fingerprint density at radius 3 is 2.45 bits per heavy atom. The quantitative estimate of drug-likeness (QED) is 0.865. The number of hydrogen-bond acceptors (Lipinski definition) is 3. The number of rotatable bonds is 6. The van der Waals surface area contributed by atoms with Gasteiger partial charge in [-0.05, 0) is 31.0 Å². The first-order valence-corrected chi connectivity index (χ1v) is 8.20. The second-order valence-electron chi connectivity index (χ2n) is 4.57.